The zero-order chi connectivity index (χ0) is 16.5. The van der Waals surface area contributed by atoms with Gasteiger partial charge in [0.25, 0.3) is 0 Å². The minimum Gasteiger partial charge on any atom is -0.490 e. The highest BCUT2D eigenvalue weighted by molar-refractivity contribution is 5.68. The van der Waals surface area contributed by atoms with Crippen molar-refractivity contribution in [3.63, 3.8) is 0 Å². The quantitative estimate of drug-likeness (QED) is 0.697. The summed E-state index contributed by atoms with van der Waals surface area (Å²) >= 11 is 0. The molecule has 5 heteroatoms. The maximum Gasteiger partial charge on any atom is 0.303 e. The Labute approximate surface area is 131 Å². The molecule has 0 saturated heterocycles. The Balaban J connectivity index is 3.13. The van der Waals surface area contributed by atoms with Gasteiger partial charge in [-0.1, -0.05) is 20.8 Å². The largest absolute Gasteiger partial charge is 0.490 e. The summed E-state index contributed by atoms with van der Waals surface area (Å²) in [4.78, 5) is 10.9. The average molecular weight is 312 g/mol. The highest BCUT2D eigenvalue weighted by Gasteiger charge is 2.21. The van der Waals surface area contributed by atoms with E-state index in [1.165, 1.54) is 6.07 Å². The Bertz CT molecular complexity index is 488. The zero-order valence-corrected chi connectivity index (χ0v) is 13.5. The van der Waals surface area contributed by atoms with E-state index in [2.05, 4.69) is 0 Å². The molecule has 0 spiro atoms. The van der Waals surface area contributed by atoms with E-state index in [0.29, 0.717) is 36.7 Å². The molecular formula is C17H25FO4. The van der Waals surface area contributed by atoms with E-state index in [9.17, 15) is 9.18 Å². The molecule has 0 heterocycles. The first kappa shape index (κ1) is 18.3. The van der Waals surface area contributed by atoms with Gasteiger partial charge >= 0.3 is 5.97 Å². The number of hydrogen-bond donors (Lipinski definition) is 1. The van der Waals surface area contributed by atoms with Crippen LogP contribution in [0.5, 0.6) is 11.5 Å². The van der Waals surface area contributed by atoms with Gasteiger partial charge in [0.15, 0.2) is 11.5 Å². The van der Waals surface area contributed by atoms with Crippen LogP contribution in [0.3, 0.4) is 0 Å². The van der Waals surface area contributed by atoms with Crippen molar-refractivity contribution in [3.8, 4) is 11.5 Å². The standard InChI is InChI=1S/C17H25FO4/c1-4-7-21-15-10-13(12(6-3)9-17(19)20)14(18)11-16(15)22-8-5-2/h10-12H,4-9H2,1-3H3,(H,19,20). The molecule has 0 bridgehead atoms. The predicted molar refractivity (Wildman–Crippen MR) is 83.3 cm³/mol. The van der Waals surface area contributed by atoms with Crippen molar-refractivity contribution in [2.24, 2.45) is 0 Å². The van der Waals surface area contributed by atoms with Crippen LogP contribution < -0.4 is 9.47 Å². The van der Waals surface area contributed by atoms with Crippen LogP contribution >= 0.6 is 0 Å². The lowest BCUT2D eigenvalue weighted by atomic mass is 9.92. The molecule has 1 N–H and O–H groups in total. The molecule has 0 aliphatic heterocycles. The Morgan fingerprint density at radius 3 is 2.14 bits per heavy atom. The number of carbonyl (C=O) groups is 1. The molecule has 0 amide bonds. The molecule has 0 saturated carbocycles. The highest BCUT2D eigenvalue weighted by atomic mass is 19.1. The molecule has 1 unspecified atom stereocenters. The maximum atomic E-state index is 14.3. The Hall–Kier alpha value is -1.78. The van der Waals surface area contributed by atoms with Crippen molar-refractivity contribution < 1.29 is 23.8 Å². The minimum atomic E-state index is -0.936. The molecule has 1 rings (SSSR count). The number of halogens is 1. The van der Waals surface area contributed by atoms with Gasteiger partial charge in [0, 0.05) is 6.07 Å². The fraction of sp³-hybridized carbons (Fsp3) is 0.588. The van der Waals surface area contributed by atoms with Crippen molar-refractivity contribution in [2.75, 3.05) is 13.2 Å². The third kappa shape index (κ3) is 5.20. The SMILES string of the molecule is CCCOc1cc(F)c(C(CC)CC(=O)O)cc1OCCC. The van der Waals surface area contributed by atoms with Crippen molar-refractivity contribution >= 4 is 5.97 Å². The van der Waals surface area contributed by atoms with E-state index >= 15 is 0 Å². The summed E-state index contributed by atoms with van der Waals surface area (Å²) in [5.41, 5.74) is 0.375. The fourth-order valence-corrected chi connectivity index (χ4v) is 2.20. The molecule has 0 fully saturated rings. The van der Waals surface area contributed by atoms with Gasteiger partial charge in [-0.2, -0.15) is 0 Å². The third-order valence-electron chi connectivity index (χ3n) is 3.34. The molecule has 1 aromatic carbocycles. The van der Waals surface area contributed by atoms with Crippen LogP contribution in [-0.4, -0.2) is 24.3 Å². The Morgan fingerprint density at radius 1 is 1.14 bits per heavy atom. The van der Waals surface area contributed by atoms with Crippen molar-refractivity contribution in [1.29, 1.82) is 0 Å². The molecule has 0 aliphatic rings. The molecule has 4 nitrogen and oxygen atoms in total. The second-order valence-electron chi connectivity index (χ2n) is 5.22. The van der Waals surface area contributed by atoms with Crippen LogP contribution in [0.1, 0.15) is 57.9 Å². The molecule has 124 valence electrons. The number of aliphatic carboxylic acids is 1. The summed E-state index contributed by atoms with van der Waals surface area (Å²) in [6.45, 7) is 6.78. The summed E-state index contributed by atoms with van der Waals surface area (Å²) in [5.74, 6) is -0.893. The summed E-state index contributed by atoms with van der Waals surface area (Å²) in [6, 6.07) is 2.90. The van der Waals surface area contributed by atoms with E-state index < -0.39 is 11.8 Å². The summed E-state index contributed by atoms with van der Waals surface area (Å²) in [5, 5.41) is 8.97. The van der Waals surface area contributed by atoms with Gasteiger partial charge in [-0.25, -0.2) is 4.39 Å². The highest BCUT2D eigenvalue weighted by Crippen LogP contribution is 2.36. The van der Waals surface area contributed by atoms with E-state index in [4.69, 9.17) is 14.6 Å². The smallest absolute Gasteiger partial charge is 0.303 e. The van der Waals surface area contributed by atoms with Gasteiger partial charge in [-0.3, -0.25) is 4.79 Å². The summed E-state index contributed by atoms with van der Waals surface area (Å²) in [7, 11) is 0. The Kier molecular flexibility index (Phi) is 7.71. The van der Waals surface area contributed by atoms with E-state index in [0.717, 1.165) is 12.8 Å². The van der Waals surface area contributed by atoms with Crippen LogP contribution in [0.2, 0.25) is 0 Å². The topological polar surface area (TPSA) is 55.8 Å². The number of carboxylic acid groups (broad SMARTS) is 1. The van der Waals surface area contributed by atoms with Crippen molar-refractivity contribution in [1.82, 2.24) is 0 Å². The molecule has 0 aromatic heterocycles. The van der Waals surface area contributed by atoms with Gasteiger partial charge < -0.3 is 14.6 Å². The number of hydrogen-bond acceptors (Lipinski definition) is 3. The zero-order valence-electron chi connectivity index (χ0n) is 13.5. The third-order valence-corrected chi connectivity index (χ3v) is 3.34. The van der Waals surface area contributed by atoms with Gasteiger partial charge in [0.1, 0.15) is 5.82 Å². The lowest BCUT2D eigenvalue weighted by molar-refractivity contribution is -0.137. The Morgan fingerprint density at radius 2 is 1.68 bits per heavy atom. The maximum absolute atomic E-state index is 14.3. The second kappa shape index (κ2) is 9.28. The summed E-state index contributed by atoms with van der Waals surface area (Å²) in [6.07, 6.45) is 2.08. The van der Waals surface area contributed by atoms with Crippen LogP contribution in [0.4, 0.5) is 4.39 Å². The van der Waals surface area contributed by atoms with Crippen LogP contribution in [0, 0.1) is 5.82 Å². The van der Waals surface area contributed by atoms with Gasteiger partial charge in [-0.15, -0.1) is 0 Å². The molecular weight excluding hydrogens is 287 g/mol. The number of benzene rings is 1. The van der Waals surface area contributed by atoms with E-state index in [1.54, 1.807) is 6.07 Å². The van der Waals surface area contributed by atoms with Gasteiger partial charge in [0.05, 0.1) is 19.6 Å². The van der Waals surface area contributed by atoms with Crippen LogP contribution in [-0.2, 0) is 4.79 Å². The van der Waals surface area contributed by atoms with E-state index in [-0.39, 0.29) is 12.3 Å². The minimum absolute atomic E-state index is 0.101. The lowest BCUT2D eigenvalue weighted by Crippen LogP contribution is -2.09. The fourth-order valence-electron chi connectivity index (χ4n) is 2.20. The molecule has 0 aliphatic carbocycles. The predicted octanol–water partition coefficient (Wildman–Crippen LogP) is 4.37. The molecule has 1 atom stereocenters. The molecule has 22 heavy (non-hydrogen) atoms. The first-order valence-electron chi connectivity index (χ1n) is 7.84. The summed E-state index contributed by atoms with van der Waals surface area (Å²) < 4.78 is 25.5. The molecule has 0 radical (unpaired) electrons. The average Bonchev–Trinajstić information content (AvgIpc) is 2.49. The number of rotatable bonds is 10. The van der Waals surface area contributed by atoms with Gasteiger partial charge in [-0.05, 0) is 36.8 Å². The van der Waals surface area contributed by atoms with Crippen LogP contribution in [0.25, 0.3) is 0 Å². The van der Waals surface area contributed by atoms with E-state index in [1.807, 2.05) is 20.8 Å². The lowest BCUT2D eigenvalue weighted by Gasteiger charge is -2.18. The van der Waals surface area contributed by atoms with Crippen molar-refractivity contribution in [2.45, 2.75) is 52.4 Å². The number of ether oxygens (including phenoxy) is 2. The van der Waals surface area contributed by atoms with Gasteiger partial charge in [0.2, 0.25) is 0 Å². The normalized spacial score (nSPS) is 12.0. The van der Waals surface area contributed by atoms with Crippen LogP contribution in [0.15, 0.2) is 12.1 Å². The molecule has 1 aromatic rings. The first-order valence-corrected chi connectivity index (χ1v) is 7.84. The first-order chi connectivity index (χ1) is 10.5. The van der Waals surface area contributed by atoms with Crippen molar-refractivity contribution in [3.05, 3.63) is 23.5 Å². The monoisotopic (exact) mass is 312 g/mol. The second-order valence-corrected chi connectivity index (χ2v) is 5.22. The number of carboxylic acids is 1.